The van der Waals surface area contributed by atoms with Crippen LogP contribution in [0, 0.1) is 10.1 Å². The number of urea groups is 1. The molecule has 2 aromatic rings. The largest absolute Gasteiger partial charge is 0.472 e. The molecule has 0 saturated carbocycles. The van der Waals surface area contributed by atoms with Crippen molar-refractivity contribution in [2.24, 2.45) is 0 Å². The fourth-order valence-electron chi connectivity index (χ4n) is 3.42. The van der Waals surface area contributed by atoms with Crippen LogP contribution in [0.3, 0.4) is 0 Å². The Kier molecular flexibility index (Phi) is 7.21. The Bertz CT molecular complexity index is 953. The topological polar surface area (TPSA) is 145 Å². The molecule has 3 rings (SSSR count). The Hall–Kier alpha value is -3.44. The van der Waals surface area contributed by atoms with Gasteiger partial charge in [-0.3, -0.25) is 14.9 Å². The third-order valence-corrected chi connectivity index (χ3v) is 5.08. The lowest BCUT2D eigenvalue weighted by Crippen LogP contribution is -2.54. The molecule has 4 N–H and O–H groups in total. The molecule has 11 heteroatoms. The van der Waals surface area contributed by atoms with Gasteiger partial charge in [-0.25, -0.2) is 4.79 Å². The van der Waals surface area contributed by atoms with Crippen molar-refractivity contribution >= 4 is 24.7 Å². The maximum Gasteiger partial charge on any atom is 0.472 e. The average Bonchev–Trinajstić information content (AvgIpc) is 2.76. The van der Waals surface area contributed by atoms with E-state index in [4.69, 9.17) is 10.0 Å². The van der Waals surface area contributed by atoms with Crippen molar-refractivity contribution in [3.8, 4) is 0 Å². The second kappa shape index (κ2) is 10.0. The molecule has 0 spiro atoms. The number of rotatable bonds is 7. The van der Waals surface area contributed by atoms with Crippen molar-refractivity contribution in [2.75, 3.05) is 13.0 Å². The Morgan fingerprint density at radius 1 is 1.13 bits per heavy atom. The van der Waals surface area contributed by atoms with Gasteiger partial charge in [-0.15, -0.1) is 0 Å². The molecule has 1 atom stereocenters. The Morgan fingerprint density at radius 2 is 1.81 bits per heavy atom. The molecule has 0 fully saturated rings. The minimum absolute atomic E-state index is 0.0795. The summed E-state index contributed by atoms with van der Waals surface area (Å²) in [5.74, 6) is -0.586. The highest BCUT2D eigenvalue weighted by Gasteiger charge is 2.27. The van der Waals surface area contributed by atoms with Crippen molar-refractivity contribution in [3.05, 3.63) is 75.3 Å². The van der Waals surface area contributed by atoms with Crippen LogP contribution in [0.2, 0.25) is 0 Å². The van der Waals surface area contributed by atoms with Gasteiger partial charge in [0, 0.05) is 31.6 Å². The molecule has 0 radical (unpaired) electrons. The van der Waals surface area contributed by atoms with Crippen LogP contribution in [0.1, 0.15) is 16.7 Å². The van der Waals surface area contributed by atoms with Gasteiger partial charge in [0.1, 0.15) is 6.04 Å². The van der Waals surface area contributed by atoms with Crippen LogP contribution in [0.15, 0.2) is 48.5 Å². The van der Waals surface area contributed by atoms with Gasteiger partial charge in [-0.1, -0.05) is 36.4 Å². The first-order valence-corrected chi connectivity index (χ1v) is 9.83. The van der Waals surface area contributed by atoms with Crippen LogP contribution in [0.4, 0.5) is 10.5 Å². The van der Waals surface area contributed by atoms with Gasteiger partial charge in [0.05, 0.1) is 11.4 Å². The summed E-state index contributed by atoms with van der Waals surface area (Å²) in [5.41, 5.74) is 2.76. The highest BCUT2D eigenvalue weighted by molar-refractivity contribution is 6.41. The van der Waals surface area contributed by atoms with E-state index in [1.807, 2.05) is 24.3 Å². The first-order valence-electron chi connectivity index (χ1n) is 9.83. The standard InChI is InChI=1S/C20H23BN4O6/c26-19(22-13-21(28)29)18(11-14-5-7-17(8-6-14)25(30)31)23-20(27)24-10-9-15-3-1-2-4-16(15)12-24/h1-8,18,28-29H,9-13H2,(H,22,26)(H,23,27). The number of nitrogens with one attached hydrogen (secondary N) is 2. The SMILES string of the molecule is O=C(NCB(O)O)C(Cc1ccc([N+](=O)[O-])cc1)NC(=O)N1CCc2ccccc2C1. The molecular formula is C20H23BN4O6. The van der Waals surface area contributed by atoms with Gasteiger partial charge < -0.3 is 25.6 Å². The van der Waals surface area contributed by atoms with E-state index in [0.29, 0.717) is 25.1 Å². The molecule has 0 aliphatic carbocycles. The van der Waals surface area contributed by atoms with Crippen LogP contribution >= 0.6 is 0 Å². The minimum Gasteiger partial charge on any atom is -0.426 e. The summed E-state index contributed by atoms with van der Waals surface area (Å²) in [5, 5.41) is 33.9. The third-order valence-electron chi connectivity index (χ3n) is 5.08. The fraction of sp³-hybridized carbons (Fsp3) is 0.300. The number of nitro groups is 1. The molecule has 0 bridgehead atoms. The molecule has 31 heavy (non-hydrogen) atoms. The quantitative estimate of drug-likeness (QED) is 0.287. The number of nitrogens with zero attached hydrogens (tertiary/aromatic N) is 2. The molecule has 162 valence electrons. The second-order valence-electron chi connectivity index (χ2n) is 7.30. The summed E-state index contributed by atoms with van der Waals surface area (Å²) >= 11 is 0. The van der Waals surface area contributed by atoms with Crippen molar-refractivity contribution in [3.63, 3.8) is 0 Å². The van der Waals surface area contributed by atoms with Gasteiger partial charge in [0.25, 0.3) is 5.69 Å². The molecule has 2 aromatic carbocycles. The maximum absolute atomic E-state index is 12.8. The van der Waals surface area contributed by atoms with E-state index in [-0.39, 0.29) is 18.6 Å². The molecule has 1 unspecified atom stereocenters. The van der Waals surface area contributed by atoms with Crippen molar-refractivity contribution in [2.45, 2.75) is 25.4 Å². The summed E-state index contributed by atoms with van der Waals surface area (Å²) in [7, 11) is -1.72. The minimum atomic E-state index is -1.72. The zero-order chi connectivity index (χ0) is 22.4. The van der Waals surface area contributed by atoms with Gasteiger partial charge >= 0.3 is 13.1 Å². The summed E-state index contributed by atoms with van der Waals surface area (Å²) in [6.45, 7) is 0.924. The molecule has 1 aliphatic heterocycles. The number of nitro benzene ring substituents is 1. The zero-order valence-corrected chi connectivity index (χ0v) is 16.7. The summed E-state index contributed by atoms with van der Waals surface area (Å²) in [6.07, 6.45) is 0.406. The molecule has 0 saturated heterocycles. The molecular weight excluding hydrogens is 403 g/mol. The van der Waals surface area contributed by atoms with Crippen LogP contribution in [-0.2, 0) is 24.2 Å². The van der Waals surface area contributed by atoms with E-state index in [1.54, 1.807) is 4.90 Å². The number of fused-ring (bicyclic) bond motifs is 1. The van der Waals surface area contributed by atoms with Gasteiger partial charge in [-0.2, -0.15) is 0 Å². The number of non-ortho nitro benzene ring substituents is 1. The van der Waals surface area contributed by atoms with Crippen molar-refractivity contribution in [1.29, 1.82) is 0 Å². The monoisotopic (exact) mass is 426 g/mol. The lowest BCUT2D eigenvalue weighted by Gasteiger charge is -2.30. The van der Waals surface area contributed by atoms with E-state index < -0.39 is 30.0 Å². The molecule has 1 heterocycles. The first kappa shape index (κ1) is 22.3. The van der Waals surface area contributed by atoms with Crippen LogP contribution in [-0.4, -0.2) is 58.0 Å². The van der Waals surface area contributed by atoms with Crippen molar-refractivity contribution < 1.29 is 24.6 Å². The predicted molar refractivity (Wildman–Crippen MR) is 113 cm³/mol. The Balaban J connectivity index is 1.70. The molecule has 0 aromatic heterocycles. The summed E-state index contributed by atoms with van der Waals surface area (Å²) < 4.78 is 0. The van der Waals surface area contributed by atoms with Gasteiger partial charge in [0.2, 0.25) is 5.91 Å². The summed E-state index contributed by atoms with van der Waals surface area (Å²) in [4.78, 5) is 37.3. The number of carbonyl (C=O) groups excluding carboxylic acids is 2. The van der Waals surface area contributed by atoms with E-state index >= 15 is 0 Å². The van der Waals surface area contributed by atoms with Gasteiger partial charge in [-0.05, 0) is 23.1 Å². The Morgan fingerprint density at radius 3 is 2.45 bits per heavy atom. The fourth-order valence-corrected chi connectivity index (χ4v) is 3.42. The van der Waals surface area contributed by atoms with Gasteiger partial charge in [0.15, 0.2) is 0 Å². The first-order chi connectivity index (χ1) is 14.8. The summed E-state index contributed by atoms with van der Waals surface area (Å²) in [6, 6.07) is 12.1. The molecule has 3 amide bonds. The smallest absolute Gasteiger partial charge is 0.426 e. The molecule has 1 aliphatic rings. The third kappa shape index (κ3) is 6.03. The normalized spacial score (nSPS) is 13.7. The highest BCUT2D eigenvalue weighted by atomic mass is 16.6. The predicted octanol–water partition coefficient (Wildman–Crippen LogP) is 0.402. The number of amides is 3. The van der Waals surface area contributed by atoms with E-state index in [0.717, 1.165) is 5.56 Å². The lowest BCUT2D eigenvalue weighted by atomic mass is 9.92. The Labute approximate surface area is 179 Å². The van der Waals surface area contributed by atoms with Crippen LogP contribution in [0.25, 0.3) is 0 Å². The lowest BCUT2D eigenvalue weighted by molar-refractivity contribution is -0.384. The number of hydrogen-bond acceptors (Lipinski definition) is 6. The van der Waals surface area contributed by atoms with E-state index in [2.05, 4.69) is 10.6 Å². The number of benzene rings is 2. The maximum atomic E-state index is 12.8. The molecule has 10 nitrogen and oxygen atoms in total. The number of carbonyl (C=O) groups is 2. The van der Waals surface area contributed by atoms with E-state index in [9.17, 15) is 19.7 Å². The second-order valence-corrected chi connectivity index (χ2v) is 7.30. The number of hydrogen-bond donors (Lipinski definition) is 4. The van der Waals surface area contributed by atoms with Crippen LogP contribution < -0.4 is 10.6 Å². The zero-order valence-electron chi connectivity index (χ0n) is 16.7. The highest BCUT2D eigenvalue weighted by Crippen LogP contribution is 2.19. The van der Waals surface area contributed by atoms with Crippen molar-refractivity contribution in [1.82, 2.24) is 15.5 Å². The average molecular weight is 426 g/mol. The van der Waals surface area contributed by atoms with E-state index in [1.165, 1.54) is 29.8 Å². The van der Waals surface area contributed by atoms with Crippen LogP contribution in [0.5, 0.6) is 0 Å².